The molecule has 1 heterocycles. The van der Waals surface area contributed by atoms with Gasteiger partial charge >= 0.3 is 0 Å². The largest absolute Gasteiger partial charge is 0.396 e. The molecule has 15 heavy (non-hydrogen) atoms. The maximum Gasteiger partial charge on any atom is 0.0590 e. The lowest BCUT2D eigenvalue weighted by atomic mass is 9.89. The second kappa shape index (κ2) is 5.25. The van der Waals surface area contributed by atoms with Crippen LogP contribution in [0.5, 0.6) is 0 Å². The molecule has 1 fully saturated rings. The molecule has 4 nitrogen and oxygen atoms in total. The molecule has 0 aromatic rings. The molecule has 1 saturated heterocycles. The van der Waals surface area contributed by atoms with Gasteiger partial charge in [-0.25, -0.2) is 0 Å². The summed E-state index contributed by atoms with van der Waals surface area (Å²) in [4.78, 5) is 2.21. The topological polar surface area (TPSA) is 63.9 Å². The van der Waals surface area contributed by atoms with Crippen LogP contribution in [0.25, 0.3) is 0 Å². The van der Waals surface area contributed by atoms with E-state index >= 15 is 0 Å². The molecule has 0 amide bonds. The van der Waals surface area contributed by atoms with Crippen molar-refractivity contribution in [3.63, 3.8) is 0 Å². The summed E-state index contributed by atoms with van der Waals surface area (Å²) < 4.78 is 0. The van der Waals surface area contributed by atoms with E-state index in [2.05, 4.69) is 4.90 Å². The number of rotatable bonds is 4. The molecule has 2 unspecified atom stereocenters. The average molecular weight is 217 g/mol. The van der Waals surface area contributed by atoms with Crippen LogP contribution in [0, 0.1) is 11.3 Å². The summed E-state index contributed by atoms with van der Waals surface area (Å²) in [6.07, 6.45) is 0.587. The molecule has 0 aliphatic carbocycles. The Hall–Kier alpha value is -0.160. The summed E-state index contributed by atoms with van der Waals surface area (Å²) in [5, 5.41) is 28.0. The molecule has 1 rings (SSSR count). The van der Waals surface area contributed by atoms with Crippen molar-refractivity contribution in [1.29, 1.82) is 0 Å². The highest BCUT2D eigenvalue weighted by Crippen LogP contribution is 2.22. The van der Waals surface area contributed by atoms with Gasteiger partial charge in [0.15, 0.2) is 0 Å². The quantitative estimate of drug-likeness (QED) is 0.604. The second-order valence-electron chi connectivity index (χ2n) is 5.20. The summed E-state index contributed by atoms with van der Waals surface area (Å²) in [6.45, 7) is 6.29. The first-order valence-corrected chi connectivity index (χ1v) is 5.63. The Bertz CT molecular complexity index is 194. The zero-order valence-corrected chi connectivity index (χ0v) is 9.69. The Morgan fingerprint density at radius 3 is 2.40 bits per heavy atom. The van der Waals surface area contributed by atoms with Crippen molar-refractivity contribution in [1.82, 2.24) is 4.90 Å². The summed E-state index contributed by atoms with van der Waals surface area (Å²) in [5.41, 5.74) is -0.429. The van der Waals surface area contributed by atoms with E-state index in [1.54, 1.807) is 0 Å². The minimum atomic E-state index is -0.429. The molecule has 2 atom stereocenters. The van der Waals surface area contributed by atoms with Crippen molar-refractivity contribution in [2.45, 2.75) is 26.4 Å². The molecule has 1 aliphatic heterocycles. The first kappa shape index (κ1) is 12.9. The lowest BCUT2D eigenvalue weighted by molar-refractivity contribution is -0.00937. The monoisotopic (exact) mass is 217 g/mol. The van der Waals surface area contributed by atoms with Crippen LogP contribution in [-0.2, 0) is 0 Å². The van der Waals surface area contributed by atoms with Gasteiger partial charge in [0.1, 0.15) is 0 Å². The molecule has 0 aromatic heterocycles. The number of aliphatic hydroxyl groups is 3. The second-order valence-corrected chi connectivity index (χ2v) is 5.20. The van der Waals surface area contributed by atoms with E-state index in [9.17, 15) is 15.3 Å². The number of aliphatic hydroxyl groups excluding tert-OH is 3. The minimum Gasteiger partial charge on any atom is -0.396 e. The van der Waals surface area contributed by atoms with Crippen LogP contribution in [0.4, 0.5) is 0 Å². The van der Waals surface area contributed by atoms with E-state index in [-0.39, 0.29) is 25.2 Å². The molecule has 0 radical (unpaired) electrons. The summed E-state index contributed by atoms with van der Waals surface area (Å²) in [6, 6.07) is 0. The first-order valence-electron chi connectivity index (χ1n) is 5.63. The van der Waals surface area contributed by atoms with Crippen molar-refractivity contribution >= 4 is 0 Å². The third kappa shape index (κ3) is 3.41. The van der Waals surface area contributed by atoms with Crippen LogP contribution in [-0.4, -0.2) is 59.2 Å². The van der Waals surface area contributed by atoms with Crippen molar-refractivity contribution in [3.8, 4) is 0 Å². The highest BCUT2D eigenvalue weighted by molar-refractivity contribution is 4.83. The molecular weight excluding hydrogens is 194 g/mol. The molecule has 90 valence electrons. The Morgan fingerprint density at radius 1 is 1.33 bits per heavy atom. The third-order valence-electron chi connectivity index (χ3n) is 3.31. The van der Waals surface area contributed by atoms with Gasteiger partial charge < -0.3 is 20.2 Å². The SMILES string of the molecule is CC1CN(CC(C)(CO)CO)CCC1O. The normalized spacial score (nSPS) is 29.4. The Morgan fingerprint density at radius 2 is 1.93 bits per heavy atom. The smallest absolute Gasteiger partial charge is 0.0590 e. The number of likely N-dealkylation sites (tertiary alicyclic amines) is 1. The number of nitrogens with zero attached hydrogens (tertiary/aromatic N) is 1. The van der Waals surface area contributed by atoms with Crippen molar-refractivity contribution < 1.29 is 15.3 Å². The minimum absolute atomic E-state index is 0.00304. The van der Waals surface area contributed by atoms with E-state index < -0.39 is 5.41 Å². The standard InChI is InChI=1S/C11H23NO3/c1-9-5-12(4-3-10(9)15)6-11(2,7-13)8-14/h9-10,13-15H,3-8H2,1-2H3. The van der Waals surface area contributed by atoms with Crippen LogP contribution < -0.4 is 0 Å². The Kier molecular flexibility index (Phi) is 4.52. The van der Waals surface area contributed by atoms with E-state index in [0.29, 0.717) is 6.54 Å². The van der Waals surface area contributed by atoms with Gasteiger partial charge in [-0.05, 0) is 12.3 Å². The van der Waals surface area contributed by atoms with Crippen LogP contribution in [0.2, 0.25) is 0 Å². The maximum absolute atomic E-state index is 9.58. The van der Waals surface area contributed by atoms with E-state index in [1.165, 1.54) is 0 Å². The van der Waals surface area contributed by atoms with Crippen LogP contribution in [0.1, 0.15) is 20.3 Å². The molecule has 3 N–H and O–H groups in total. The lowest BCUT2D eigenvalue weighted by Crippen LogP contribution is -2.48. The predicted octanol–water partition coefficient (Wildman–Crippen LogP) is -0.320. The number of piperidine rings is 1. The highest BCUT2D eigenvalue weighted by atomic mass is 16.3. The maximum atomic E-state index is 9.58. The van der Waals surface area contributed by atoms with Gasteiger partial charge in [-0.3, -0.25) is 0 Å². The van der Waals surface area contributed by atoms with E-state index in [4.69, 9.17) is 0 Å². The highest BCUT2D eigenvalue weighted by Gasteiger charge is 2.30. The van der Waals surface area contributed by atoms with Gasteiger partial charge in [0, 0.05) is 25.0 Å². The summed E-state index contributed by atoms with van der Waals surface area (Å²) in [7, 11) is 0. The van der Waals surface area contributed by atoms with Crippen molar-refractivity contribution in [3.05, 3.63) is 0 Å². The van der Waals surface area contributed by atoms with E-state index in [1.807, 2.05) is 13.8 Å². The van der Waals surface area contributed by atoms with Gasteiger partial charge in [-0.15, -0.1) is 0 Å². The Labute approximate surface area is 91.5 Å². The van der Waals surface area contributed by atoms with E-state index in [0.717, 1.165) is 19.5 Å². The molecule has 0 aromatic carbocycles. The fraction of sp³-hybridized carbons (Fsp3) is 1.00. The number of hydrogen-bond acceptors (Lipinski definition) is 4. The zero-order valence-electron chi connectivity index (χ0n) is 9.69. The zero-order chi connectivity index (χ0) is 11.5. The summed E-state index contributed by atoms with van der Waals surface area (Å²) in [5.74, 6) is 0.278. The van der Waals surface area contributed by atoms with Gasteiger partial charge in [-0.1, -0.05) is 13.8 Å². The third-order valence-corrected chi connectivity index (χ3v) is 3.31. The molecular formula is C11H23NO3. The van der Waals surface area contributed by atoms with Crippen LogP contribution >= 0.6 is 0 Å². The van der Waals surface area contributed by atoms with Gasteiger partial charge in [0.05, 0.1) is 19.3 Å². The van der Waals surface area contributed by atoms with Crippen LogP contribution in [0.3, 0.4) is 0 Å². The van der Waals surface area contributed by atoms with Gasteiger partial charge in [0.2, 0.25) is 0 Å². The molecule has 0 bridgehead atoms. The Balaban J connectivity index is 2.45. The fourth-order valence-corrected chi connectivity index (χ4v) is 2.05. The summed E-state index contributed by atoms with van der Waals surface area (Å²) >= 11 is 0. The lowest BCUT2D eigenvalue weighted by Gasteiger charge is -2.39. The first-order chi connectivity index (χ1) is 7.00. The molecule has 0 spiro atoms. The van der Waals surface area contributed by atoms with Gasteiger partial charge in [-0.2, -0.15) is 0 Å². The fourth-order valence-electron chi connectivity index (χ4n) is 2.05. The van der Waals surface area contributed by atoms with Crippen molar-refractivity contribution in [2.75, 3.05) is 32.8 Å². The molecule has 1 aliphatic rings. The predicted molar refractivity (Wildman–Crippen MR) is 58.5 cm³/mol. The number of hydrogen-bond donors (Lipinski definition) is 3. The average Bonchev–Trinajstić information content (AvgIpc) is 2.23. The molecule has 4 heteroatoms. The van der Waals surface area contributed by atoms with Crippen molar-refractivity contribution in [2.24, 2.45) is 11.3 Å². The van der Waals surface area contributed by atoms with Gasteiger partial charge in [0.25, 0.3) is 0 Å². The van der Waals surface area contributed by atoms with Crippen LogP contribution in [0.15, 0.2) is 0 Å². The molecule has 0 saturated carbocycles.